The molecular weight excluding hydrogens is 266 g/mol. The summed E-state index contributed by atoms with van der Waals surface area (Å²) in [7, 11) is 0. The fourth-order valence-corrected chi connectivity index (χ4v) is 2.18. The summed E-state index contributed by atoms with van der Waals surface area (Å²) in [5.41, 5.74) is 1.77. The van der Waals surface area contributed by atoms with Crippen LogP contribution in [0.4, 0.5) is 0 Å². The Labute approximate surface area is 127 Å². The first-order valence-corrected chi connectivity index (χ1v) is 7.59. The summed E-state index contributed by atoms with van der Waals surface area (Å²) in [5, 5.41) is 12.4. The van der Waals surface area contributed by atoms with Gasteiger partial charge in [0.1, 0.15) is 5.75 Å². The first kappa shape index (κ1) is 17.5. The van der Waals surface area contributed by atoms with Crippen LogP contribution in [0.25, 0.3) is 0 Å². The minimum absolute atomic E-state index is 0.0381. The molecule has 0 radical (unpaired) electrons. The number of carbonyl (C=O) groups excluding carboxylic acids is 1. The number of hydrogen-bond acceptors (Lipinski definition) is 3. The van der Waals surface area contributed by atoms with Gasteiger partial charge in [-0.1, -0.05) is 26.0 Å². The third-order valence-electron chi connectivity index (χ3n) is 4.20. The number of amides is 1. The van der Waals surface area contributed by atoms with E-state index in [0.29, 0.717) is 19.4 Å². The van der Waals surface area contributed by atoms with Gasteiger partial charge in [0.15, 0.2) is 0 Å². The predicted molar refractivity (Wildman–Crippen MR) is 84.6 cm³/mol. The number of nitrogens with one attached hydrogen (secondary N) is 1. The predicted octanol–water partition coefficient (Wildman–Crippen LogP) is 2.74. The second-order valence-electron chi connectivity index (χ2n) is 5.49. The molecule has 21 heavy (non-hydrogen) atoms. The highest BCUT2D eigenvalue weighted by Crippen LogP contribution is 2.20. The Balaban J connectivity index is 2.49. The molecule has 4 heteroatoms. The lowest BCUT2D eigenvalue weighted by Crippen LogP contribution is -2.50. The molecule has 0 aliphatic heterocycles. The lowest BCUT2D eigenvalue weighted by Gasteiger charge is -2.30. The number of hydrogen-bond donors (Lipinski definition) is 2. The average molecular weight is 293 g/mol. The molecule has 0 fully saturated rings. The Morgan fingerprint density at radius 2 is 1.95 bits per heavy atom. The molecule has 0 aliphatic rings. The molecule has 118 valence electrons. The largest absolute Gasteiger partial charge is 0.493 e. The van der Waals surface area contributed by atoms with E-state index in [0.717, 1.165) is 11.3 Å². The van der Waals surface area contributed by atoms with Gasteiger partial charge in [-0.2, -0.15) is 0 Å². The van der Waals surface area contributed by atoms with Gasteiger partial charge >= 0.3 is 0 Å². The SMILES string of the molecule is CCC(CC)(CO)NC(=O)CCOc1cccc(C)c1C. The van der Waals surface area contributed by atoms with E-state index >= 15 is 0 Å². The van der Waals surface area contributed by atoms with E-state index in [1.54, 1.807) is 0 Å². The fraction of sp³-hybridized carbons (Fsp3) is 0.588. The molecule has 1 aromatic carbocycles. The second-order valence-corrected chi connectivity index (χ2v) is 5.49. The minimum Gasteiger partial charge on any atom is -0.493 e. The molecule has 4 nitrogen and oxygen atoms in total. The van der Waals surface area contributed by atoms with Crippen molar-refractivity contribution < 1.29 is 14.6 Å². The molecule has 1 aromatic rings. The van der Waals surface area contributed by atoms with Crippen LogP contribution in [0.1, 0.15) is 44.2 Å². The molecule has 2 N–H and O–H groups in total. The topological polar surface area (TPSA) is 58.6 Å². The van der Waals surface area contributed by atoms with Crippen molar-refractivity contribution in [2.45, 2.75) is 52.5 Å². The van der Waals surface area contributed by atoms with Gasteiger partial charge in [-0.05, 0) is 43.9 Å². The van der Waals surface area contributed by atoms with E-state index in [2.05, 4.69) is 5.32 Å². The highest BCUT2D eigenvalue weighted by Gasteiger charge is 2.26. The maximum Gasteiger partial charge on any atom is 0.223 e. The zero-order valence-corrected chi connectivity index (χ0v) is 13.5. The van der Waals surface area contributed by atoms with Crippen molar-refractivity contribution in [2.75, 3.05) is 13.2 Å². The van der Waals surface area contributed by atoms with Crippen LogP contribution in [-0.2, 0) is 4.79 Å². The summed E-state index contributed by atoms with van der Waals surface area (Å²) in [4.78, 5) is 12.0. The Morgan fingerprint density at radius 3 is 2.52 bits per heavy atom. The highest BCUT2D eigenvalue weighted by atomic mass is 16.5. The molecule has 0 bridgehead atoms. The minimum atomic E-state index is -0.504. The average Bonchev–Trinajstić information content (AvgIpc) is 2.49. The van der Waals surface area contributed by atoms with Crippen LogP contribution in [0.3, 0.4) is 0 Å². The van der Waals surface area contributed by atoms with Gasteiger partial charge in [0.2, 0.25) is 5.91 Å². The van der Waals surface area contributed by atoms with Crippen LogP contribution in [0.5, 0.6) is 5.75 Å². The Hall–Kier alpha value is -1.55. The van der Waals surface area contributed by atoms with Crippen molar-refractivity contribution in [3.05, 3.63) is 29.3 Å². The van der Waals surface area contributed by atoms with Crippen molar-refractivity contribution in [1.82, 2.24) is 5.32 Å². The van der Waals surface area contributed by atoms with Crippen LogP contribution in [0, 0.1) is 13.8 Å². The third-order valence-corrected chi connectivity index (χ3v) is 4.20. The van der Waals surface area contributed by atoms with Crippen molar-refractivity contribution >= 4 is 5.91 Å². The molecule has 1 amide bonds. The van der Waals surface area contributed by atoms with E-state index < -0.39 is 5.54 Å². The van der Waals surface area contributed by atoms with Crippen molar-refractivity contribution in [3.63, 3.8) is 0 Å². The molecule has 0 aliphatic carbocycles. The van der Waals surface area contributed by atoms with Crippen LogP contribution in [0.15, 0.2) is 18.2 Å². The summed E-state index contributed by atoms with van der Waals surface area (Å²) in [5.74, 6) is 0.736. The summed E-state index contributed by atoms with van der Waals surface area (Å²) < 4.78 is 5.68. The van der Waals surface area contributed by atoms with Crippen LogP contribution >= 0.6 is 0 Å². The van der Waals surface area contributed by atoms with Crippen LogP contribution in [-0.4, -0.2) is 29.8 Å². The molecule has 0 saturated heterocycles. The first-order chi connectivity index (χ1) is 9.98. The molecule has 0 aromatic heterocycles. The first-order valence-electron chi connectivity index (χ1n) is 7.59. The highest BCUT2D eigenvalue weighted by molar-refractivity contribution is 5.77. The van der Waals surface area contributed by atoms with E-state index in [9.17, 15) is 9.90 Å². The van der Waals surface area contributed by atoms with Gasteiger partial charge in [-0.25, -0.2) is 0 Å². The number of aliphatic hydroxyl groups excluding tert-OH is 1. The zero-order valence-electron chi connectivity index (χ0n) is 13.5. The van der Waals surface area contributed by atoms with Gasteiger partial charge in [0.25, 0.3) is 0 Å². The van der Waals surface area contributed by atoms with E-state index in [-0.39, 0.29) is 18.9 Å². The number of rotatable bonds is 8. The van der Waals surface area contributed by atoms with Crippen LogP contribution in [0.2, 0.25) is 0 Å². The maximum atomic E-state index is 12.0. The molecule has 0 spiro atoms. The van der Waals surface area contributed by atoms with Gasteiger partial charge in [0.05, 0.1) is 25.2 Å². The van der Waals surface area contributed by atoms with Gasteiger partial charge < -0.3 is 15.2 Å². The van der Waals surface area contributed by atoms with E-state index in [1.807, 2.05) is 45.9 Å². The molecule has 1 rings (SSSR count). The molecule has 0 heterocycles. The molecule has 0 atom stereocenters. The molecule has 0 unspecified atom stereocenters. The summed E-state index contributed by atoms with van der Waals surface area (Å²) in [6.45, 7) is 8.27. The Bertz CT molecular complexity index is 459. The fourth-order valence-electron chi connectivity index (χ4n) is 2.18. The van der Waals surface area contributed by atoms with Crippen molar-refractivity contribution in [1.29, 1.82) is 0 Å². The molecular formula is C17H27NO3. The summed E-state index contributed by atoms with van der Waals surface area (Å²) in [6.07, 6.45) is 1.71. The maximum absolute atomic E-state index is 12.0. The number of carbonyl (C=O) groups is 1. The quantitative estimate of drug-likeness (QED) is 0.775. The van der Waals surface area contributed by atoms with Crippen molar-refractivity contribution in [3.8, 4) is 5.75 Å². The van der Waals surface area contributed by atoms with Crippen molar-refractivity contribution in [2.24, 2.45) is 0 Å². The number of benzene rings is 1. The van der Waals surface area contributed by atoms with Gasteiger partial charge in [-0.3, -0.25) is 4.79 Å². The van der Waals surface area contributed by atoms with E-state index in [1.165, 1.54) is 5.56 Å². The number of aryl methyl sites for hydroxylation is 1. The standard InChI is InChI=1S/C17H27NO3/c1-5-17(6-2,12-19)18-16(20)10-11-21-15-9-7-8-13(3)14(15)4/h7-9,19H,5-6,10-12H2,1-4H3,(H,18,20). The molecule has 0 saturated carbocycles. The van der Waals surface area contributed by atoms with Gasteiger partial charge in [0, 0.05) is 0 Å². The lowest BCUT2D eigenvalue weighted by molar-refractivity contribution is -0.124. The lowest BCUT2D eigenvalue weighted by atomic mass is 9.94. The number of aliphatic hydroxyl groups is 1. The summed E-state index contributed by atoms with van der Waals surface area (Å²) >= 11 is 0. The smallest absolute Gasteiger partial charge is 0.223 e. The Morgan fingerprint density at radius 1 is 1.29 bits per heavy atom. The normalized spacial score (nSPS) is 11.3. The Kier molecular flexibility index (Phi) is 6.69. The number of ether oxygens (including phenoxy) is 1. The second kappa shape index (κ2) is 8.03. The summed E-state index contributed by atoms with van der Waals surface area (Å²) in [6, 6.07) is 5.89. The zero-order chi connectivity index (χ0) is 15.9. The van der Waals surface area contributed by atoms with Crippen LogP contribution < -0.4 is 10.1 Å². The van der Waals surface area contributed by atoms with E-state index in [4.69, 9.17) is 4.74 Å². The van der Waals surface area contributed by atoms with Gasteiger partial charge in [-0.15, -0.1) is 0 Å². The monoisotopic (exact) mass is 293 g/mol. The third kappa shape index (κ3) is 4.74.